The number of hydrogen-bond acceptors (Lipinski definition) is 1. The molecule has 0 saturated heterocycles. The van der Waals surface area contributed by atoms with Crippen LogP contribution >= 0.6 is 0 Å². The summed E-state index contributed by atoms with van der Waals surface area (Å²) in [6, 6.07) is 2.81. The highest BCUT2D eigenvalue weighted by atomic mass is 14.9. The van der Waals surface area contributed by atoms with Gasteiger partial charge in [-0.25, -0.2) is 0 Å². The lowest BCUT2D eigenvalue weighted by Gasteiger charge is -2.26. The predicted octanol–water partition coefficient (Wildman–Crippen LogP) is 4.62. The molecule has 1 unspecified atom stereocenters. The molecule has 1 aromatic carbocycles. The van der Waals surface area contributed by atoms with Crippen LogP contribution in [0.25, 0.3) is 0 Å². The molecule has 1 atom stereocenters. The number of aryl methyl sites for hydroxylation is 2. The molecule has 1 rings (SSSR count). The number of nitrogens with one attached hydrogen (secondary N) is 1. The van der Waals surface area contributed by atoms with Crippen LogP contribution in [0.15, 0.2) is 6.07 Å². The molecule has 0 aliphatic heterocycles. The summed E-state index contributed by atoms with van der Waals surface area (Å²) in [5, 5.41) is 3.67. The van der Waals surface area contributed by atoms with E-state index in [1.807, 2.05) is 0 Å². The van der Waals surface area contributed by atoms with Gasteiger partial charge in [0, 0.05) is 6.04 Å². The third-order valence-electron chi connectivity index (χ3n) is 3.93. The van der Waals surface area contributed by atoms with E-state index in [0.29, 0.717) is 12.0 Å². The van der Waals surface area contributed by atoms with Crippen molar-refractivity contribution in [2.75, 3.05) is 6.54 Å². The van der Waals surface area contributed by atoms with Crippen molar-refractivity contribution in [2.45, 2.75) is 60.9 Å². The summed E-state index contributed by atoms with van der Waals surface area (Å²) in [6.45, 7) is 16.8. The van der Waals surface area contributed by atoms with Crippen molar-refractivity contribution in [1.82, 2.24) is 5.32 Å². The lowest BCUT2D eigenvalue weighted by atomic mass is 9.86. The van der Waals surface area contributed by atoms with Crippen molar-refractivity contribution in [3.63, 3.8) is 0 Å². The van der Waals surface area contributed by atoms with E-state index < -0.39 is 0 Å². The number of rotatable bonds is 5. The SMILES string of the molecule is CCNC(CC(C)C)c1c(C)c(C)cc(C)c1C. The average molecular weight is 247 g/mol. The Kier molecular flexibility index (Phi) is 5.40. The van der Waals surface area contributed by atoms with Gasteiger partial charge in [-0.3, -0.25) is 0 Å². The first-order valence-electron chi connectivity index (χ1n) is 7.19. The molecule has 1 heteroatoms. The summed E-state index contributed by atoms with van der Waals surface area (Å²) in [4.78, 5) is 0. The predicted molar refractivity (Wildman–Crippen MR) is 81.3 cm³/mol. The van der Waals surface area contributed by atoms with E-state index in [1.54, 1.807) is 0 Å². The van der Waals surface area contributed by atoms with Gasteiger partial charge in [0.05, 0.1) is 0 Å². The van der Waals surface area contributed by atoms with Crippen LogP contribution in [0.1, 0.15) is 61.1 Å². The van der Waals surface area contributed by atoms with E-state index in [0.717, 1.165) is 6.54 Å². The molecule has 1 nitrogen and oxygen atoms in total. The van der Waals surface area contributed by atoms with Crippen molar-refractivity contribution < 1.29 is 0 Å². The fourth-order valence-electron chi connectivity index (χ4n) is 2.79. The van der Waals surface area contributed by atoms with Gasteiger partial charge in [0.15, 0.2) is 0 Å². The quantitative estimate of drug-likeness (QED) is 0.800. The molecule has 0 fully saturated rings. The van der Waals surface area contributed by atoms with E-state index in [-0.39, 0.29) is 0 Å². The summed E-state index contributed by atoms with van der Waals surface area (Å²) in [5.41, 5.74) is 7.29. The molecule has 0 amide bonds. The zero-order valence-electron chi connectivity index (χ0n) is 13.1. The Morgan fingerprint density at radius 3 is 1.89 bits per heavy atom. The van der Waals surface area contributed by atoms with Gasteiger partial charge in [-0.2, -0.15) is 0 Å². The van der Waals surface area contributed by atoms with Crippen molar-refractivity contribution >= 4 is 0 Å². The summed E-state index contributed by atoms with van der Waals surface area (Å²) in [7, 11) is 0. The largest absolute Gasteiger partial charge is 0.310 e. The van der Waals surface area contributed by atoms with Crippen LogP contribution in [0, 0.1) is 33.6 Å². The minimum atomic E-state index is 0.494. The second kappa shape index (κ2) is 6.38. The van der Waals surface area contributed by atoms with Gasteiger partial charge in [0.25, 0.3) is 0 Å². The standard InChI is InChI=1S/C17H29N/c1-8-18-16(9-11(2)3)17-14(6)12(4)10-13(5)15(17)7/h10-11,16,18H,8-9H2,1-7H3. The highest BCUT2D eigenvalue weighted by Crippen LogP contribution is 2.30. The van der Waals surface area contributed by atoms with Gasteiger partial charge < -0.3 is 5.32 Å². The minimum absolute atomic E-state index is 0.494. The molecule has 0 saturated carbocycles. The summed E-state index contributed by atoms with van der Waals surface area (Å²) in [6.07, 6.45) is 1.21. The van der Waals surface area contributed by atoms with Gasteiger partial charge in [-0.1, -0.05) is 26.8 Å². The van der Waals surface area contributed by atoms with Crippen LogP contribution in [-0.4, -0.2) is 6.54 Å². The molecule has 102 valence electrons. The molecule has 18 heavy (non-hydrogen) atoms. The zero-order valence-corrected chi connectivity index (χ0v) is 13.1. The number of benzene rings is 1. The van der Waals surface area contributed by atoms with Gasteiger partial charge in [0.2, 0.25) is 0 Å². The molecule has 0 radical (unpaired) electrons. The molecule has 1 N–H and O–H groups in total. The lowest BCUT2D eigenvalue weighted by Crippen LogP contribution is -2.24. The summed E-state index contributed by atoms with van der Waals surface area (Å²) < 4.78 is 0. The lowest BCUT2D eigenvalue weighted by molar-refractivity contribution is 0.435. The van der Waals surface area contributed by atoms with Gasteiger partial charge in [-0.15, -0.1) is 0 Å². The normalized spacial score (nSPS) is 13.1. The Balaban J connectivity index is 3.25. The van der Waals surface area contributed by atoms with Gasteiger partial charge in [0.1, 0.15) is 0 Å². The molecule has 0 aliphatic rings. The molecule has 0 spiro atoms. The zero-order chi connectivity index (χ0) is 13.9. The molecular weight excluding hydrogens is 218 g/mol. The van der Waals surface area contributed by atoms with E-state index in [4.69, 9.17) is 0 Å². The van der Waals surface area contributed by atoms with Crippen LogP contribution < -0.4 is 5.32 Å². The molecule has 0 aliphatic carbocycles. The fraction of sp³-hybridized carbons (Fsp3) is 0.647. The highest BCUT2D eigenvalue weighted by Gasteiger charge is 2.18. The maximum Gasteiger partial charge on any atom is 0.0328 e. The summed E-state index contributed by atoms with van der Waals surface area (Å²) in [5.74, 6) is 0.716. The van der Waals surface area contributed by atoms with Crippen LogP contribution in [0.5, 0.6) is 0 Å². The van der Waals surface area contributed by atoms with E-state index in [2.05, 4.69) is 59.8 Å². The first-order chi connectivity index (χ1) is 8.38. The molecule has 0 aromatic heterocycles. The molecular formula is C17H29N. The van der Waals surface area contributed by atoms with Gasteiger partial charge >= 0.3 is 0 Å². The Morgan fingerprint density at radius 2 is 1.50 bits per heavy atom. The van der Waals surface area contributed by atoms with Crippen molar-refractivity contribution in [3.05, 3.63) is 33.9 Å². The second-order valence-electron chi connectivity index (χ2n) is 5.91. The maximum atomic E-state index is 3.67. The Labute approximate surface area is 113 Å². The van der Waals surface area contributed by atoms with Crippen molar-refractivity contribution in [3.8, 4) is 0 Å². The molecule has 0 heterocycles. The molecule has 0 bridgehead atoms. The van der Waals surface area contributed by atoms with Crippen LogP contribution in [0.2, 0.25) is 0 Å². The summed E-state index contributed by atoms with van der Waals surface area (Å²) >= 11 is 0. The third kappa shape index (κ3) is 3.35. The van der Waals surface area contributed by atoms with E-state index in [9.17, 15) is 0 Å². The van der Waals surface area contributed by atoms with E-state index >= 15 is 0 Å². The van der Waals surface area contributed by atoms with Crippen molar-refractivity contribution in [1.29, 1.82) is 0 Å². The topological polar surface area (TPSA) is 12.0 Å². The smallest absolute Gasteiger partial charge is 0.0328 e. The average Bonchev–Trinajstić information content (AvgIpc) is 2.26. The monoisotopic (exact) mass is 247 g/mol. The fourth-order valence-corrected chi connectivity index (χ4v) is 2.79. The third-order valence-corrected chi connectivity index (χ3v) is 3.93. The minimum Gasteiger partial charge on any atom is -0.310 e. The Bertz CT molecular complexity index is 378. The van der Waals surface area contributed by atoms with E-state index in [1.165, 1.54) is 34.2 Å². The first-order valence-corrected chi connectivity index (χ1v) is 7.19. The van der Waals surface area contributed by atoms with Crippen LogP contribution in [0.3, 0.4) is 0 Å². The second-order valence-corrected chi connectivity index (χ2v) is 5.91. The first kappa shape index (κ1) is 15.2. The molecule has 1 aromatic rings. The number of hydrogen-bond donors (Lipinski definition) is 1. The maximum absolute atomic E-state index is 3.67. The highest BCUT2D eigenvalue weighted by molar-refractivity contribution is 5.45. The van der Waals surface area contributed by atoms with Gasteiger partial charge in [-0.05, 0) is 74.4 Å². The van der Waals surface area contributed by atoms with Crippen LogP contribution in [0.4, 0.5) is 0 Å². The Morgan fingerprint density at radius 1 is 1.00 bits per heavy atom. The van der Waals surface area contributed by atoms with Crippen molar-refractivity contribution in [2.24, 2.45) is 5.92 Å². The van der Waals surface area contributed by atoms with Crippen LogP contribution in [-0.2, 0) is 0 Å². The Hall–Kier alpha value is -0.820.